The highest BCUT2D eigenvalue weighted by Crippen LogP contribution is 2.55. The van der Waals surface area contributed by atoms with Crippen LogP contribution in [-0.4, -0.2) is 14.3 Å². The molecule has 1 spiro atoms. The average Bonchev–Trinajstić information content (AvgIpc) is 3.75. The molecule has 6 heteroatoms. The molecule has 0 bridgehead atoms. The third-order valence-electron chi connectivity index (χ3n) is 10.2. The minimum atomic E-state index is -0.788. The molecule has 0 amide bonds. The van der Waals surface area contributed by atoms with Crippen molar-refractivity contribution in [2.45, 2.75) is 19.5 Å². The summed E-state index contributed by atoms with van der Waals surface area (Å²) in [5, 5.41) is 7.99. The van der Waals surface area contributed by atoms with Gasteiger partial charge < -0.3 is 4.74 Å². The molecule has 3 aromatic heterocycles. The van der Waals surface area contributed by atoms with Gasteiger partial charge in [0, 0.05) is 27.5 Å². The van der Waals surface area contributed by atoms with Crippen molar-refractivity contribution in [3.63, 3.8) is 0 Å². The van der Waals surface area contributed by atoms with Crippen LogP contribution in [0.25, 0.3) is 55.7 Å². The summed E-state index contributed by atoms with van der Waals surface area (Å²) in [6.07, 6.45) is 4.40. The molecule has 0 N–H and O–H groups in total. The van der Waals surface area contributed by atoms with Crippen LogP contribution in [0.3, 0.4) is 0 Å². The van der Waals surface area contributed by atoms with Crippen LogP contribution in [0.5, 0.6) is 11.5 Å². The quantitative estimate of drug-likeness (QED) is 0.195. The van der Waals surface area contributed by atoms with E-state index in [1.54, 1.807) is 0 Å². The topological polar surface area (TPSA) is 39.7 Å². The molecular formula is C40H27N5O+2. The van der Waals surface area contributed by atoms with E-state index in [2.05, 4.69) is 160 Å². The standard InChI is InChI=1S/C40H27N5O/c1-24-21-27(26-11-4-3-5-12-26)22-25(2)36(24)30-23-43-32-15-10-16-33-37(32)40(45(43)41-30)38-34(46-33)19-18-29-28-13-6-7-14-31(28)44(39(29)38)35-17-8-9-20-42(35)40/h3-23H,1-2H3/q+2. The molecule has 0 saturated carbocycles. The van der Waals surface area contributed by atoms with Crippen LogP contribution in [0.2, 0.25) is 0 Å². The molecule has 1 atom stereocenters. The first-order chi connectivity index (χ1) is 22.6. The maximum atomic E-state index is 6.77. The van der Waals surface area contributed by atoms with Crippen LogP contribution < -0.4 is 14.1 Å². The second-order valence-corrected chi connectivity index (χ2v) is 12.6. The van der Waals surface area contributed by atoms with Crippen molar-refractivity contribution >= 4 is 21.8 Å². The smallest absolute Gasteiger partial charge is 0.423 e. The Balaban J connectivity index is 1.26. The van der Waals surface area contributed by atoms with Gasteiger partial charge in [-0.15, -0.1) is 0 Å². The number of rotatable bonds is 2. The molecule has 6 heterocycles. The zero-order chi connectivity index (χ0) is 30.3. The second-order valence-electron chi connectivity index (χ2n) is 12.6. The average molecular weight is 594 g/mol. The molecule has 1 unspecified atom stereocenters. The number of benzene rings is 5. The van der Waals surface area contributed by atoms with Crippen molar-refractivity contribution in [3.8, 4) is 45.4 Å². The number of aryl methyl sites for hydroxylation is 2. The normalized spacial score (nSPS) is 16.3. The van der Waals surface area contributed by atoms with Gasteiger partial charge in [-0.3, -0.25) is 0 Å². The number of pyridine rings is 1. The van der Waals surface area contributed by atoms with Gasteiger partial charge in [-0.25, -0.2) is 0 Å². The highest BCUT2D eigenvalue weighted by molar-refractivity contribution is 6.11. The van der Waals surface area contributed by atoms with Gasteiger partial charge in [0.05, 0.1) is 11.0 Å². The second kappa shape index (κ2) is 8.17. The third kappa shape index (κ3) is 2.69. The molecule has 0 saturated heterocycles. The van der Waals surface area contributed by atoms with Gasteiger partial charge in [0.25, 0.3) is 5.82 Å². The summed E-state index contributed by atoms with van der Waals surface area (Å²) in [6.45, 7) is 4.40. The molecule has 216 valence electrons. The maximum absolute atomic E-state index is 6.77. The molecule has 0 radical (unpaired) electrons. The van der Waals surface area contributed by atoms with Crippen molar-refractivity contribution in [2.24, 2.45) is 0 Å². The molecule has 11 rings (SSSR count). The summed E-state index contributed by atoms with van der Waals surface area (Å²) in [6, 6.07) is 41.0. The Morgan fingerprint density at radius 3 is 2.35 bits per heavy atom. The number of para-hydroxylation sites is 1. The summed E-state index contributed by atoms with van der Waals surface area (Å²) in [4.78, 5) is 2.20. The Bertz CT molecular complexity index is 2620. The minimum absolute atomic E-state index is 0.788. The van der Waals surface area contributed by atoms with E-state index in [9.17, 15) is 0 Å². The van der Waals surface area contributed by atoms with Crippen molar-refractivity contribution in [1.82, 2.24) is 14.3 Å². The first-order valence-electron chi connectivity index (χ1n) is 15.7. The predicted molar refractivity (Wildman–Crippen MR) is 177 cm³/mol. The van der Waals surface area contributed by atoms with Crippen molar-refractivity contribution < 1.29 is 14.1 Å². The van der Waals surface area contributed by atoms with E-state index < -0.39 is 5.66 Å². The van der Waals surface area contributed by atoms with Crippen molar-refractivity contribution in [1.29, 1.82) is 0 Å². The van der Waals surface area contributed by atoms with Gasteiger partial charge in [-0.1, -0.05) is 71.4 Å². The lowest BCUT2D eigenvalue weighted by atomic mass is 9.84. The summed E-state index contributed by atoms with van der Waals surface area (Å²) < 4.78 is 13.8. The van der Waals surface area contributed by atoms with Crippen LogP contribution in [0.1, 0.15) is 22.3 Å². The van der Waals surface area contributed by atoms with E-state index in [0.29, 0.717) is 0 Å². The van der Waals surface area contributed by atoms with Crippen molar-refractivity contribution in [3.05, 3.63) is 150 Å². The first kappa shape index (κ1) is 24.3. The van der Waals surface area contributed by atoms with Crippen LogP contribution in [-0.2, 0) is 5.66 Å². The van der Waals surface area contributed by atoms with Crippen LogP contribution >= 0.6 is 0 Å². The van der Waals surface area contributed by atoms with Gasteiger partial charge in [-0.2, -0.15) is 9.13 Å². The molecule has 6 nitrogen and oxygen atoms in total. The molecule has 5 aromatic carbocycles. The van der Waals surface area contributed by atoms with E-state index in [-0.39, 0.29) is 0 Å². The Morgan fingerprint density at radius 2 is 1.48 bits per heavy atom. The fourth-order valence-corrected chi connectivity index (χ4v) is 8.54. The monoisotopic (exact) mass is 593 g/mol. The maximum Gasteiger partial charge on any atom is 0.423 e. The number of ether oxygens (including phenoxy) is 1. The zero-order valence-electron chi connectivity index (χ0n) is 25.3. The highest BCUT2D eigenvalue weighted by Gasteiger charge is 2.70. The fourth-order valence-electron chi connectivity index (χ4n) is 8.54. The molecule has 46 heavy (non-hydrogen) atoms. The van der Waals surface area contributed by atoms with E-state index in [4.69, 9.17) is 9.84 Å². The number of nitrogens with zero attached hydrogens (tertiary/aromatic N) is 5. The molecule has 0 aliphatic carbocycles. The Hall–Kier alpha value is -6.01. The fraction of sp³-hybridized carbons (Fsp3) is 0.0750. The van der Waals surface area contributed by atoms with Gasteiger partial charge in [0.1, 0.15) is 28.9 Å². The molecule has 0 fully saturated rings. The Kier molecular flexibility index (Phi) is 4.32. The van der Waals surface area contributed by atoms with Gasteiger partial charge in [-0.05, 0) is 78.6 Å². The summed E-state index contributed by atoms with van der Waals surface area (Å²) in [7, 11) is 0. The highest BCUT2D eigenvalue weighted by atomic mass is 16.5. The van der Waals surface area contributed by atoms with Crippen LogP contribution in [0.4, 0.5) is 0 Å². The van der Waals surface area contributed by atoms with Gasteiger partial charge >= 0.3 is 5.66 Å². The van der Waals surface area contributed by atoms with Gasteiger partial charge in [0.15, 0.2) is 22.3 Å². The SMILES string of the molecule is Cc1cc(-c2ccccc2)cc(C)c1-c1cn2[n+](n1)C13c4c(cccc4-2)Oc2ccc4c5ccccc5n(c4c21)-c1cccc[n+]13. The lowest BCUT2D eigenvalue weighted by Crippen LogP contribution is -2.77. The third-order valence-corrected chi connectivity index (χ3v) is 10.2. The molecule has 3 aliphatic heterocycles. The van der Waals surface area contributed by atoms with E-state index in [1.165, 1.54) is 38.5 Å². The number of fused-ring (bicyclic) bond motifs is 7. The number of hydrogen-bond acceptors (Lipinski definition) is 2. The van der Waals surface area contributed by atoms with E-state index in [0.717, 1.165) is 50.9 Å². The summed E-state index contributed by atoms with van der Waals surface area (Å²) >= 11 is 0. The predicted octanol–water partition coefficient (Wildman–Crippen LogP) is 7.53. The Morgan fingerprint density at radius 1 is 0.696 bits per heavy atom. The first-order valence-corrected chi connectivity index (χ1v) is 15.7. The number of aromatic nitrogens is 5. The largest absolute Gasteiger partial charge is 0.456 e. The lowest BCUT2D eigenvalue weighted by Gasteiger charge is -2.31. The Labute approximate surface area is 264 Å². The molecule has 3 aliphatic rings. The van der Waals surface area contributed by atoms with E-state index in [1.807, 2.05) is 0 Å². The van der Waals surface area contributed by atoms with E-state index >= 15 is 0 Å². The molecule has 8 aromatic rings. The minimum Gasteiger partial charge on any atom is -0.456 e. The summed E-state index contributed by atoms with van der Waals surface area (Å²) in [5.41, 5.74) is 11.8. The van der Waals surface area contributed by atoms with Crippen molar-refractivity contribution in [2.75, 3.05) is 0 Å². The van der Waals surface area contributed by atoms with Crippen LogP contribution in [0.15, 0.2) is 128 Å². The molecular weight excluding hydrogens is 566 g/mol. The summed E-state index contributed by atoms with van der Waals surface area (Å²) in [5.74, 6) is 2.80. The van der Waals surface area contributed by atoms with Crippen LogP contribution in [0, 0.1) is 13.8 Å². The van der Waals surface area contributed by atoms with Gasteiger partial charge in [0.2, 0.25) is 0 Å². The number of hydrogen-bond donors (Lipinski definition) is 0. The lowest BCUT2D eigenvalue weighted by molar-refractivity contribution is -1.02. The zero-order valence-corrected chi connectivity index (χ0v) is 25.3.